The van der Waals surface area contributed by atoms with Gasteiger partial charge in [0.25, 0.3) is 0 Å². The zero-order valence-corrected chi connectivity index (χ0v) is 15.8. The van der Waals surface area contributed by atoms with E-state index in [1.807, 2.05) is 0 Å². The van der Waals surface area contributed by atoms with Crippen molar-refractivity contribution in [2.24, 2.45) is 0 Å². The van der Waals surface area contributed by atoms with Gasteiger partial charge in [0.2, 0.25) is 5.91 Å². The van der Waals surface area contributed by atoms with E-state index in [0.717, 1.165) is 24.4 Å². The summed E-state index contributed by atoms with van der Waals surface area (Å²) < 4.78 is 79.5. The lowest BCUT2D eigenvalue weighted by Crippen LogP contribution is -2.44. The van der Waals surface area contributed by atoms with Crippen LogP contribution in [0.5, 0.6) is 5.75 Å². The highest BCUT2D eigenvalue weighted by molar-refractivity contribution is 6.32. The number of urea groups is 1. The van der Waals surface area contributed by atoms with E-state index in [0.29, 0.717) is 6.20 Å². The Kier molecular flexibility index (Phi) is 5.93. The van der Waals surface area contributed by atoms with Crippen molar-refractivity contribution in [3.05, 3.63) is 46.7 Å². The van der Waals surface area contributed by atoms with Gasteiger partial charge in [-0.15, -0.1) is 26.3 Å². The van der Waals surface area contributed by atoms with Crippen LogP contribution in [0.15, 0.2) is 30.6 Å². The summed E-state index contributed by atoms with van der Waals surface area (Å²) in [5.41, 5.74) is -0.0876. The van der Waals surface area contributed by atoms with Crippen LogP contribution in [0.2, 0.25) is 5.02 Å². The average molecular weight is 472 g/mol. The minimum Gasteiger partial charge on any atom is -0.404 e. The van der Waals surface area contributed by atoms with Crippen LogP contribution in [0.1, 0.15) is 17.2 Å². The molecule has 8 nitrogen and oxygen atoms in total. The third kappa shape index (κ3) is 5.51. The minimum absolute atomic E-state index is 0.0480. The summed E-state index contributed by atoms with van der Waals surface area (Å²) in [6.07, 6.45) is -8.42. The number of benzene rings is 1. The fraction of sp³-hybridized carbons (Fsp3) is 0.312. The van der Waals surface area contributed by atoms with Crippen molar-refractivity contribution in [1.29, 1.82) is 0 Å². The maximum absolute atomic E-state index is 12.9. The van der Waals surface area contributed by atoms with Gasteiger partial charge >= 0.3 is 18.7 Å². The molecule has 1 aromatic carbocycles. The Morgan fingerprint density at radius 2 is 1.97 bits per heavy atom. The first kappa shape index (κ1) is 22.5. The Bertz CT molecular complexity index is 993. The fourth-order valence-electron chi connectivity index (χ4n) is 2.74. The highest BCUT2D eigenvalue weighted by Crippen LogP contribution is 2.34. The van der Waals surface area contributed by atoms with Gasteiger partial charge in [-0.25, -0.2) is 4.79 Å². The van der Waals surface area contributed by atoms with Gasteiger partial charge in [0.15, 0.2) is 0 Å². The summed E-state index contributed by atoms with van der Waals surface area (Å²) in [6, 6.07) is 0.0446. The average Bonchev–Trinajstić information content (AvgIpc) is 3.29. The Hall–Kier alpha value is -3.16. The molecule has 1 fully saturated rings. The first-order valence-corrected chi connectivity index (χ1v) is 8.73. The molecule has 0 aliphatic carbocycles. The van der Waals surface area contributed by atoms with Gasteiger partial charge < -0.3 is 20.7 Å². The molecule has 2 unspecified atom stereocenters. The van der Waals surface area contributed by atoms with Crippen LogP contribution >= 0.6 is 11.6 Å². The van der Waals surface area contributed by atoms with Crippen molar-refractivity contribution < 1.29 is 40.7 Å². The van der Waals surface area contributed by atoms with E-state index < -0.39 is 47.5 Å². The predicted octanol–water partition coefficient (Wildman–Crippen LogP) is 2.80. The number of ether oxygens (including phenoxy) is 1. The van der Waals surface area contributed by atoms with Crippen molar-refractivity contribution in [3.8, 4) is 5.75 Å². The van der Waals surface area contributed by atoms with Gasteiger partial charge in [-0.2, -0.15) is 9.78 Å². The largest absolute Gasteiger partial charge is 0.573 e. The Morgan fingerprint density at radius 1 is 1.26 bits per heavy atom. The van der Waals surface area contributed by atoms with Gasteiger partial charge in [-0.05, 0) is 17.7 Å². The molecule has 3 rings (SSSR count). The molecular weight excluding hydrogens is 460 g/mol. The summed E-state index contributed by atoms with van der Waals surface area (Å²) >= 11 is 5.82. The van der Waals surface area contributed by atoms with Gasteiger partial charge in [0.05, 0.1) is 17.3 Å². The number of hydrogen-bond acceptors (Lipinski definition) is 4. The molecular formula is C16H12ClF6N5O3. The minimum atomic E-state index is -5.01. The number of alkyl halides is 6. The second-order valence-corrected chi connectivity index (χ2v) is 6.68. The third-order valence-electron chi connectivity index (χ3n) is 4.09. The molecule has 1 aromatic heterocycles. The number of aromatic nitrogens is 2. The van der Waals surface area contributed by atoms with E-state index in [-0.39, 0.29) is 22.4 Å². The van der Waals surface area contributed by atoms with E-state index in [9.17, 15) is 35.9 Å². The highest BCUT2D eigenvalue weighted by atomic mass is 35.5. The molecule has 1 aliphatic rings. The van der Waals surface area contributed by atoms with Crippen LogP contribution in [-0.4, -0.2) is 40.7 Å². The van der Waals surface area contributed by atoms with Crippen LogP contribution in [-0.2, 0) is 11.1 Å². The quantitative estimate of drug-likeness (QED) is 0.584. The third-order valence-corrected chi connectivity index (χ3v) is 4.38. The zero-order chi connectivity index (χ0) is 23.0. The fourth-order valence-corrected chi connectivity index (χ4v) is 2.97. The number of carbonyl (C=O) groups is 2. The maximum atomic E-state index is 12.9. The zero-order valence-electron chi connectivity index (χ0n) is 15.0. The molecule has 15 heteroatoms. The number of nitrogens with one attached hydrogen (secondary N) is 3. The molecule has 0 saturated carbocycles. The van der Waals surface area contributed by atoms with Crippen LogP contribution in [0, 0.1) is 0 Å². The standard InChI is InChI=1S/C16H12ClF6N5O3/c17-9-3-7(1-2-11(9)31-16(21,22)23)12(8-4-25-28(6-8)15(18,19)20)27-13(29)10-5-24-14(30)26-10/h1-4,6,10,12H,5H2,(H,27,29)(H2,24,26,30). The first-order valence-electron chi connectivity index (χ1n) is 8.35. The van der Waals surface area contributed by atoms with E-state index in [1.165, 1.54) is 0 Å². The number of halogens is 7. The lowest BCUT2D eigenvalue weighted by molar-refractivity contribution is -0.274. The monoisotopic (exact) mass is 471 g/mol. The smallest absolute Gasteiger partial charge is 0.404 e. The summed E-state index contributed by atoms with van der Waals surface area (Å²) in [4.78, 5) is 23.7. The molecule has 0 spiro atoms. The van der Waals surface area contributed by atoms with Crippen molar-refractivity contribution in [2.75, 3.05) is 6.54 Å². The predicted molar refractivity (Wildman–Crippen MR) is 92.0 cm³/mol. The van der Waals surface area contributed by atoms with E-state index in [1.54, 1.807) is 0 Å². The van der Waals surface area contributed by atoms with Gasteiger partial charge in [0.1, 0.15) is 11.8 Å². The lowest BCUT2D eigenvalue weighted by Gasteiger charge is -2.21. The van der Waals surface area contributed by atoms with E-state index in [2.05, 4.69) is 25.8 Å². The van der Waals surface area contributed by atoms with E-state index in [4.69, 9.17) is 11.6 Å². The summed E-state index contributed by atoms with van der Waals surface area (Å²) in [6.45, 7) is -0.0711. The van der Waals surface area contributed by atoms with Crippen LogP contribution in [0.3, 0.4) is 0 Å². The molecule has 0 bridgehead atoms. The molecule has 31 heavy (non-hydrogen) atoms. The van der Waals surface area contributed by atoms with Crippen molar-refractivity contribution in [2.45, 2.75) is 24.7 Å². The molecule has 3 amide bonds. The normalized spacial score (nSPS) is 17.6. The Labute approximate surface area is 174 Å². The van der Waals surface area contributed by atoms with Crippen molar-refractivity contribution >= 4 is 23.5 Å². The summed E-state index contributed by atoms with van der Waals surface area (Å²) in [5, 5.41) is 9.78. The lowest BCUT2D eigenvalue weighted by atomic mass is 10.0. The van der Waals surface area contributed by atoms with Crippen LogP contribution in [0.25, 0.3) is 0 Å². The summed E-state index contributed by atoms with van der Waals surface area (Å²) in [5.74, 6) is -1.49. The molecule has 2 atom stereocenters. The van der Waals surface area contributed by atoms with Crippen LogP contribution < -0.4 is 20.7 Å². The highest BCUT2D eigenvalue weighted by Gasteiger charge is 2.35. The summed E-state index contributed by atoms with van der Waals surface area (Å²) in [7, 11) is 0. The molecule has 1 saturated heterocycles. The first-order chi connectivity index (χ1) is 14.3. The van der Waals surface area contributed by atoms with Crippen molar-refractivity contribution in [3.63, 3.8) is 0 Å². The molecule has 1 aliphatic heterocycles. The van der Waals surface area contributed by atoms with Gasteiger partial charge in [-0.1, -0.05) is 17.7 Å². The second-order valence-electron chi connectivity index (χ2n) is 6.27. The Morgan fingerprint density at radius 3 is 2.48 bits per heavy atom. The van der Waals surface area contributed by atoms with Crippen LogP contribution in [0.4, 0.5) is 31.1 Å². The Balaban J connectivity index is 1.93. The number of nitrogens with zero attached hydrogens (tertiary/aromatic N) is 2. The number of carbonyl (C=O) groups excluding carboxylic acids is 2. The second kappa shape index (κ2) is 8.17. The maximum Gasteiger partial charge on any atom is 0.573 e. The van der Waals surface area contributed by atoms with Gasteiger partial charge in [-0.3, -0.25) is 4.79 Å². The molecule has 0 radical (unpaired) electrons. The molecule has 2 aromatic rings. The number of amides is 3. The van der Waals surface area contributed by atoms with Crippen molar-refractivity contribution in [1.82, 2.24) is 25.7 Å². The molecule has 2 heterocycles. The topological polar surface area (TPSA) is 97.3 Å². The number of hydrogen-bond donors (Lipinski definition) is 3. The SMILES string of the molecule is O=C1NCC(C(=O)NC(c2ccc(OC(F)(F)F)c(Cl)c2)c2cnn(C(F)(F)F)c2)N1. The molecule has 3 N–H and O–H groups in total. The van der Waals surface area contributed by atoms with Gasteiger partial charge in [0, 0.05) is 18.3 Å². The van der Waals surface area contributed by atoms with E-state index >= 15 is 0 Å². The molecule has 168 valence electrons. The number of rotatable bonds is 5.